The van der Waals surface area contributed by atoms with Gasteiger partial charge in [0, 0.05) is 19.9 Å². The van der Waals surface area contributed by atoms with E-state index in [1.165, 1.54) is 12.3 Å². The second-order valence-corrected chi connectivity index (χ2v) is 3.26. The van der Waals surface area contributed by atoms with Gasteiger partial charge in [0.25, 0.3) is 0 Å². The van der Waals surface area contributed by atoms with Gasteiger partial charge in [-0.05, 0) is 13.0 Å². The van der Waals surface area contributed by atoms with Crippen LogP contribution in [0.25, 0.3) is 0 Å². The number of rotatable bonds is 6. The molecule has 0 aliphatic rings. The maximum absolute atomic E-state index is 11.6. The van der Waals surface area contributed by atoms with Gasteiger partial charge in [0.05, 0.1) is 24.5 Å². The number of nitrogens with two attached hydrogens (primary N) is 1. The molecule has 94 valence electrons. The van der Waals surface area contributed by atoms with Gasteiger partial charge in [-0.25, -0.2) is 9.78 Å². The van der Waals surface area contributed by atoms with Crippen LogP contribution in [0.5, 0.6) is 0 Å². The highest BCUT2D eigenvalue weighted by Crippen LogP contribution is 2.20. The highest BCUT2D eigenvalue weighted by molar-refractivity contribution is 5.97. The lowest BCUT2D eigenvalue weighted by atomic mass is 10.2. The third kappa shape index (κ3) is 3.60. The monoisotopic (exact) mass is 239 g/mol. The van der Waals surface area contributed by atoms with Crippen LogP contribution < -0.4 is 11.1 Å². The van der Waals surface area contributed by atoms with Crippen molar-refractivity contribution in [2.75, 3.05) is 37.9 Å². The Labute approximate surface area is 100 Å². The number of nitrogens with one attached hydrogen (secondary N) is 1. The summed E-state index contributed by atoms with van der Waals surface area (Å²) in [6, 6.07) is 1.54. The largest absolute Gasteiger partial charge is 0.462 e. The van der Waals surface area contributed by atoms with Crippen LogP contribution in [0, 0.1) is 0 Å². The van der Waals surface area contributed by atoms with Crippen molar-refractivity contribution in [2.45, 2.75) is 6.92 Å². The zero-order chi connectivity index (χ0) is 12.7. The maximum Gasteiger partial charge on any atom is 0.340 e. The Morgan fingerprint density at radius 1 is 1.59 bits per heavy atom. The van der Waals surface area contributed by atoms with Gasteiger partial charge in [-0.15, -0.1) is 0 Å². The van der Waals surface area contributed by atoms with E-state index in [1.807, 2.05) is 0 Å². The van der Waals surface area contributed by atoms with Gasteiger partial charge >= 0.3 is 5.97 Å². The standard InChI is InChI=1S/C11H17N3O3/c1-3-17-11(15)8-4-5-13-10(9(8)12)14-6-7-16-2/h4-5H,3,6-7,12H2,1-2H3,(H,13,14). The molecule has 0 amide bonds. The van der Waals surface area contributed by atoms with Gasteiger partial charge in [0.15, 0.2) is 0 Å². The third-order valence-corrected chi connectivity index (χ3v) is 2.08. The minimum Gasteiger partial charge on any atom is -0.462 e. The van der Waals surface area contributed by atoms with Gasteiger partial charge in [-0.1, -0.05) is 0 Å². The first kappa shape index (κ1) is 13.2. The summed E-state index contributed by atoms with van der Waals surface area (Å²) < 4.78 is 9.79. The number of methoxy groups -OCH3 is 1. The number of anilines is 2. The summed E-state index contributed by atoms with van der Waals surface area (Å²) in [5, 5.41) is 2.98. The zero-order valence-corrected chi connectivity index (χ0v) is 10.0. The first-order chi connectivity index (χ1) is 8.20. The molecule has 3 N–H and O–H groups in total. The van der Waals surface area contributed by atoms with E-state index in [2.05, 4.69) is 10.3 Å². The van der Waals surface area contributed by atoms with Crippen molar-refractivity contribution in [1.82, 2.24) is 4.98 Å². The molecule has 6 nitrogen and oxygen atoms in total. The highest BCUT2D eigenvalue weighted by Gasteiger charge is 2.13. The number of hydrogen-bond donors (Lipinski definition) is 2. The molecule has 0 aromatic carbocycles. The minimum atomic E-state index is -0.442. The van der Waals surface area contributed by atoms with E-state index in [9.17, 15) is 4.79 Å². The third-order valence-electron chi connectivity index (χ3n) is 2.08. The smallest absolute Gasteiger partial charge is 0.340 e. The van der Waals surface area contributed by atoms with Crippen LogP contribution in [-0.4, -0.2) is 37.8 Å². The summed E-state index contributed by atoms with van der Waals surface area (Å²) in [5.74, 6) is 0.0230. The number of ether oxygens (including phenoxy) is 2. The fraction of sp³-hybridized carbons (Fsp3) is 0.455. The van der Waals surface area contributed by atoms with Crippen LogP contribution >= 0.6 is 0 Å². The molecule has 0 aliphatic carbocycles. The Morgan fingerprint density at radius 3 is 3.00 bits per heavy atom. The topological polar surface area (TPSA) is 86.5 Å². The maximum atomic E-state index is 11.6. The van der Waals surface area contributed by atoms with Crippen molar-refractivity contribution in [2.24, 2.45) is 0 Å². The Bertz CT molecular complexity index is 382. The fourth-order valence-corrected chi connectivity index (χ4v) is 1.27. The van der Waals surface area contributed by atoms with E-state index < -0.39 is 5.97 Å². The van der Waals surface area contributed by atoms with Gasteiger partial charge in [0.1, 0.15) is 5.82 Å². The van der Waals surface area contributed by atoms with Gasteiger partial charge in [-0.2, -0.15) is 0 Å². The number of pyridine rings is 1. The molecule has 0 saturated heterocycles. The van der Waals surface area contributed by atoms with E-state index >= 15 is 0 Å². The molecule has 0 aliphatic heterocycles. The Morgan fingerprint density at radius 2 is 2.35 bits per heavy atom. The Hall–Kier alpha value is -1.82. The summed E-state index contributed by atoms with van der Waals surface area (Å²) in [4.78, 5) is 15.6. The molecule has 1 heterocycles. The van der Waals surface area contributed by atoms with Crippen LogP contribution in [-0.2, 0) is 9.47 Å². The lowest BCUT2D eigenvalue weighted by Gasteiger charge is -2.10. The number of esters is 1. The van der Waals surface area contributed by atoms with Crippen LogP contribution in [0.3, 0.4) is 0 Å². The van der Waals surface area contributed by atoms with Gasteiger partial charge < -0.3 is 20.5 Å². The number of aromatic nitrogens is 1. The van der Waals surface area contributed by atoms with E-state index in [4.69, 9.17) is 15.2 Å². The molecule has 0 saturated carbocycles. The number of nitrogen functional groups attached to an aromatic ring is 1. The van der Waals surface area contributed by atoms with E-state index in [1.54, 1.807) is 14.0 Å². The SMILES string of the molecule is CCOC(=O)c1ccnc(NCCOC)c1N. The quantitative estimate of drug-likeness (QED) is 0.566. The first-order valence-electron chi connectivity index (χ1n) is 5.35. The van der Waals surface area contributed by atoms with Crippen LogP contribution in [0.4, 0.5) is 11.5 Å². The molecular formula is C11H17N3O3. The number of carbonyl (C=O) groups is 1. The van der Waals surface area contributed by atoms with Crippen molar-refractivity contribution < 1.29 is 14.3 Å². The molecule has 1 aromatic heterocycles. The van der Waals surface area contributed by atoms with Crippen molar-refractivity contribution in [3.8, 4) is 0 Å². The normalized spacial score (nSPS) is 10.0. The molecule has 0 unspecified atom stereocenters. The van der Waals surface area contributed by atoms with Crippen molar-refractivity contribution in [1.29, 1.82) is 0 Å². The fourth-order valence-electron chi connectivity index (χ4n) is 1.27. The molecule has 0 radical (unpaired) electrons. The van der Waals surface area contributed by atoms with E-state index in [0.29, 0.717) is 36.8 Å². The molecule has 0 bridgehead atoms. The number of carbonyl (C=O) groups excluding carboxylic acids is 1. The molecule has 0 spiro atoms. The molecule has 6 heteroatoms. The van der Waals surface area contributed by atoms with Gasteiger partial charge in [0.2, 0.25) is 0 Å². The van der Waals surface area contributed by atoms with E-state index in [0.717, 1.165) is 0 Å². The van der Waals surface area contributed by atoms with Crippen molar-refractivity contribution in [3.05, 3.63) is 17.8 Å². The van der Waals surface area contributed by atoms with Crippen molar-refractivity contribution in [3.63, 3.8) is 0 Å². The second kappa shape index (κ2) is 6.70. The highest BCUT2D eigenvalue weighted by atomic mass is 16.5. The summed E-state index contributed by atoms with van der Waals surface area (Å²) in [6.45, 7) is 3.16. The Balaban J connectivity index is 2.79. The first-order valence-corrected chi connectivity index (χ1v) is 5.35. The molecule has 0 fully saturated rings. The molecular weight excluding hydrogens is 222 g/mol. The van der Waals surface area contributed by atoms with Crippen LogP contribution in [0.15, 0.2) is 12.3 Å². The molecule has 17 heavy (non-hydrogen) atoms. The van der Waals surface area contributed by atoms with E-state index in [-0.39, 0.29) is 0 Å². The predicted octanol–water partition coefficient (Wildman–Crippen LogP) is 0.899. The molecule has 0 atom stereocenters. The predicted molar refractivity (Wildman–Crippen MR) is 65.0 cm³/mol. The number of nitrogens with zero attached hydrogens (tertiary/aromatic N) is 1. The zero-order valence-electron chi connectivity index (χ0n) is 10.0. The van der Waals surface area contributed by atoms with Crippen LogP contribution in [0.2, 0.25) is 0 Å². The summed E-state index contributed by atoms with van der Waals surface area (Å²) in [6.07, 6.45) is 1.51. The lowest BCUT2D eigenvalue weighted by molar-refractivity contribution is 0.0527. The second-order valence-electron chi connectivity index (χ2n) is 3.26. The minimum absolute atomic E-state index is 0.294. The lowest BCUT2D eigenvalue weighted by Crippen LogP contribution is -2.14. The number of hydrogen-bond acceptors (Lipinski definition) is 6. The van der Waals surface area contributed by atoms with Crippen molar-refractivity contribution >= 4 is 17.5 Å². The van der Waals surface area contributed by atoms with Gasteiger partial charge in [-0.3, -0.25) is 0 Å². The molecule has 1 aromatic rings. The summed E-state index contributed by atoms with van der Waals surface area (Å²) in [7, 11) is 1.60. The summed E-state index contributed by atoms with van der Waals surface area (Å²) in [5.41, 5.74) is 6.44. The Kier molecular flexibility index (Phi) is 5.22. The molecule has 1 rings (SSSR count). The summed E-state index contributed by atoms with van der Waals surface area (Å²) >= 11 is 0. The average Bonchev–Trinajstić information content (AvgIpc) is 2.32. The van der Waals surface area contributed by atoms with Crippen LogP contribution in [0.1, 0.15) is 17.3 Å². The average molecular weight is 239 g/mol.